The summed E-state index contributed by atoms with van der Waals surface area (Å²) >= 11 is 1.17. The number of nitrogens with zero attached hydrogens (tertiary/aromatic N) is 3. The smallest absolute Gasteiger partial charge is 0.255 e. The highest BCUT2D eigenvalue weighted by Crippen LogP contribution is 2.21. The highest BCUT2D eigenvalue weighted by Gasteiger charge is 2.12. The van der Waals surface area contributed by atoms with Gasteiger partial charge in [-0.15, -0.1) is 0 Å². The molecule has 1 N–H and O–H groups in total. The molecule has 0 atom stereocenters. The van der Waals surface area contributed by atoms with E-state index in [1.807, 2.05) is 37.3 Å². The average Bonchev–Trinajstić information content (AvgIpc) is 3.18. The van der Waals surface area contributed by atoms with Crippen molar-refractivity contribution in [1.82, 2.24) is 8.75 Å². The number of hydrogen-bond donors (Lipinski definition) is 1. The molecule has 29 heavy (non-hydrogen) atoms. The first-order valence-corrected chi connectivity index (χ1v) is 10.2. The fourth-order valence-electron chi connectivity index (χ4n) is 3.04. The molecule has 0 spiro atoms. The van der Waals surface area contributed by atoms with Crippen molar-refractivity contribution in [2.24, 2.45) is 0 Å². The van der Waals surface area contributed by atoms with Gasteiger partial charge in [0, 0.05) is 30.0 Å². The van der Waals surface area contributed by atoms with Gasteiger partial charge in [-0.05, 0) is 49.4 Å². The number of hydrogen-bond acceptors (Lipinski definition) is 7. The van der Waals surface area contributed by atoms with Crippen LogP contribution in [-0.4, -0.2) is 41.0 Å². The lowest BCUT2D eigenvalue weighted by molar-refractivity contribution is 0.102. The van der Waals surface area contributed by atoms with E-state index in [0.29, 0.717) is 17.9 Å². The Bertz CT molecular complexity index is 968. The molecular weight excluding hydrogens is 388 g/mol. The van der Waals surface area contributed by atoms with Gasteiger partial charge in [0.2, 0.25) is 0 Å². The Kier molecular flexibility index (Phi) is 6.02. The average molecular weight is 410 g/mol. The molecule has 1 fully saturated rings. The Labute approximate surface area is 173 Å². The van der Waals surface area contributed by atoms with E-state index in [4.69, 9.17) is 9.47 Å². The van der Waals surface area contributed by atoms with Gasteiger partial charge in [0.15, 0.2) is 0 Å². The molecule has 1 saturated heterocycles. The van der Waals surface area contributed by atoms with Crippen LogP contribution < -0.4 is 15.0 Å². The molecule has 1 aromatic heterocycles. The minimum atomic E-state index is -0.180. The van der Waals surface area contributed by atoms with E-state index in [9.17, 15) is 4.79 Å². The van der Waals surface area contributed by atoms with Crippen LogP contribution in [0.1, 0.15) is 21.7 Å². The Morgan fingerprint density at radius 3 is 2.69 bits per heavy atom. The van der Waals surface area contributed by atoms with Gasteiger partial charge in [-0.3, -0.25) is 4.79 Å². The van der Waals surface area contributed by atoms with Crippen molar-refractivity contribution in [1.29, 1.82) is 0 Å². The Morgan fingerprint density at radius 1 is 1.17 bits per heavy atom. The number of benzene rings is 2. The summed E-state index contributed by atoms with van der Waals surface area (Å²) in [6, 6.07) is 15.0. The minimum absolute atomic E-state index is 0.180. The molecule has 0 bridgehead atoms. The van der Waals surface area contributed by atoms with Crippen LogP contribution in [0.25, 0.3) is 0 Å². The van der Waals surface area contributed by atoms with Gasteiger partial charge in [-0.2, -0.15) is 8.75 Å². The van der Waals surface area contributed by atoms with Crippen LogP contribution in [0.15, 0.2) is 48.5 Å². The molecule has 7 nitrogen and oxygen atoms in total. The summed E-state index contributed by atoms with van der Waals surface area (Å²) < 4.78 is 19.5. The highest BCUT2D eigenvalue weighted by atomic mass is 32.1. The number of aromatic nitrogens is 2. The summed E-state index contributed by atoms with van der Waals surface area (Å²) in [4.78, 5) is 14.9. The number of anilines is 2. The van der Waals surface area contributed by atoms with Crippen molar-refractivity contribution < 1.29 is 14.3 Å². The van der Waals surface area contributed by atoms with Crippen molar-refractivity contribution >= 4 is 29.0 Å². The van der Waals surface area contributed by atoms with Gasteiger partial charge < -0.3 is 19.7 Å². The highest BCUT2D eigenvalue weighted by molar-refractivity contribution is 6.99. The van der Waals surface area contributed by atoms with Gasteiger partial charge in [0.25, 0.3) is 5.91 Å². The SMILES string of the molecule is Cc1nsnc1COc1cccc(C(=O)Nc2ccc(N3CCOCC3)cc2)c1. The maximum atomic E-state index is 12.6. The second kappa shape index (κ2) is 9.02. The zero-order valence-electron chi connectivity index (χ0n) is 16.1. The molecule has 1 aliphatic heterocycles. The maximum Gasteiger partial charge on any atom is 0.255 e. The largest absolute Gasteiger partial charge is 0.487 e. The van der Waals surface area contributed by atoms with Gasteiger partial charge in [-0.1, -0.05) is 6.07 Å². The topological polar surface area (TPSA) is 76.6 Å². The third kappa shape index (κ3) is 4.90. The van der Waals surface area contributed by atoms with Crippen LogP contribution >= 0.6 is 11.7 Å². The first-order chi connectivity index (χ1) is 14.2. The lowest BCUT2D eigenvalue weighted by Crippen LogP contribution is -2.36. The van der Waals surface area contributed by atoms with Crippen LogP contribution in [-0.2, 0) is 11.3 Å². The van der Waals surface area contributed by atoms with E-state index in [-0.39, 0.29) is 5.91 Å². The van der Waals surface area contributed by atoms with E-state index in [0.717, 1.165) is 49.1 Å². The number of morpholine rings is 1. The zero-order chi connectivity index (χ0) is 20.1. The molecule has 4 rings (SSSR count). The maximum absolute atomic E-state index is 12.6. The third-order valence-corrected chi connectivity index (χ3v) is 5.38. The molecule has 2 heterocycles. The van der Waals surface area contributed by atoms with Crippen LogP contribution in [0.3, 0.4) is 0 Å². The van der Waals surface area contributed by atoms with Crippen molar-refractivity contribution in [3.8, 4) is 5.75 Å². The lowest BCUT2D eigenvalue weighted by Gasteiger charge is -2.28. The normalized spacial score (nSPS) is 13.9. The van der Waals surface area contributed by atoms with Crippen LogP contribution in [0.5, 0.6) is 5.75 Å². The van der Waals surface area contributed by atoms with Gasteiger partial charge >= 0.3 is 0 Å². The Hall–Kier alpha value is -2.97. The first kappa shape index (κ1) is 19.4. The molecule has 3 aromatic rings. The van der Waals surface area contributed by atoms with E-state index >= 15 is 0 Å². The fraction of sp³-hybridized carbons (Fsp3) is 0.286. The number of carbonyl (C=O) groups excluding carboxylic acids is 1. The summed E-state index contributed by atoms with van der Waals surface area (Å²) in [6.07, 6.45) is 0. The van der Waals surface area contributed by atoms with Crippen molar-refractivity contribution in [3.05, 3.63) is 65.5 Å². The van der Waals surface area contributed by atoms with E-state index in [1.54, 1.807) is 18.2 Å². The Morgan fingerprint density at radius 2 is 1.97 bits per heavy atom. The molecule has 0 radical (unpaired) electrons. The quantitative estimate of drug-likeness (QED) is 0.670. The van der Waals surface area contributed by atoms with E-state index in [1.165, 1.54) is 11.7 Å². The molecule has 2 aromatic carbocycles. The summed E-state index contributed by atoms with van der Waals surface area (Å²) in [7, 11) is 0. The van der Waals surface area contributed by atoms with Crippen LogP contribution in [0.2, 0.25) is 0 Å². The molecular formula is C21H22N4O3S. The predicted molar refractivity (Wildman–Crippen MR) is 113 cm³/mol. The number of amides is 1. The fourth-order valence-corrected chi connectivity index (χ4v) is 3.59. The molecule has 8 heteroatoms. The minimum Gasteiger partial charge on any atom is -0.487 e. The number of ether oxygens (including phenoxy) is 2. The number of nitrogens with one attached hydrogen (secondary N) is 1. The lowest BCUT2D eigenvalue weighted by atomic mass is 10.2. The molecule has 1 amide bonds. The first-order valence-electron chi connectivity index (χ1n) is 9.44. The number of carbonyl (C=O) groups is 1. The molecule has 0 unspecified atom stereocenters. The summed E-state index contributed by atoms with van der Waals surface area (Å²) in [6.45, 7) is 5.49. The second-order valence-electron chi connectivity index (χ2n) is 6.71. The summed E-state index contributed by atoms with van der Waals surface area (Å²) in [5.41, 5.74) is 4.10. The van der Waals surface area contributed by atoms with Crippen molar-refractivity contribution in [2.45, 2.75) is 13.5 Å². The molecule has 1 aliphatic rings. The number of aryl methyl sites for hydroxylation is 1. The third-order valence-electron chi connectivity index (χ3n) is 4.72. The Balaban J connectivity index is 1.37. The molecule has 0 aliphatic carbocycles. The van der Waals surface area contributed by atoms with E-state index < -0.39 is 0 Å². The monoisotopic (exact) mass is 410 g/mol. The molecule has 0 saturated carbocycles. The second-order valence-corrected chi connectivity index (χ2v) is 7.24. The van der Waals surface area contributed by atoms with Crippen molar-refractivity contribution in [3.63, 3.8) is 0 Å². The summed E-state index contributed by atoms with van der Waals surface area (Å²) in [5, 5.41) is 2.94. The number of rotatable bonds is 6. The van der Waals surface area contributed by atoms with Gasteiger partial charge in [0.1, 0.15) is 18.1 Å². The van der Waals surface area contributed by atoms with Crippen LogP contribution in [0.4, 0.5) is 11.4 Å². The summed E-state index contributed by atoms with van der Waals surface area (Å²) in [5.74, 6) is 0.439. The zero-order valence-corrected chi connectivity index (χ0v) is 16.9. The van der Waals surface area contributed by atoms with Gasteiger partial charge in [-0.25, -0.2) is 0 Å². The predicted octanol–water partition coefficient (Wildman–Crippen LogP) is 3.51. The van der Waals surface area contributed by atoms with Crippen molar-refractivity contribution in [2.75, 3.05) is 36.5 Å². The van der Waals surface area contributed by atoms with Crippen LogP contribution in [0, 0.1) is 6.92 Å². The molecule has 150 valence electrons. The van der Waals surface area contributed by atoms with E-state index in [2.05, 4.69) is 19.0 Å². The van der Waals surface area contributed by atoms with Gasteiger partial charge in [0.05, 0.1) is 30.6 Å². The standard InChI is InChI=1S/C21H22N4O3S/c1-15-20(24-29-23-15)14-28-19-4-2-3-16(13-19)21(26)22-17-5-7-18(8-6-17)25-9-11-27-12-10-25/h2-8,13H,9-12,14H2,1H3,(H,22,26).